The number of ketones is 1. The quantitative estimate of drug-likeness (QED) is 0.690. The molecule has 1 aromatic heterocycles. The third-order valence-corrected chi connectivity index (χ3v) is 2.97. The number of aromatic nitrogens is 2. The molecule has 1 heterocycles. The van der Waals surface area contributed by atoms with Gasteiger partial charge >= 0.3 is 0 Å². The summed E-state index contributed by atoms with van der Waals surface area (Å²) in [4.78, 5) is 12.2. The zero-order valence-electron chi connectivity index (χ0n) is 9.85. The van der Waals surface area contributed by atoms with Crippen molar-refractivity contribution in [3.05, 3.63) is 18.0 Å². The van der Waals surface area contributed by atoms with Crippen LogP contribution in [0.3, 0.4) is 0 Å². The van der Waals surface area contributed by atoms with Crippen LogP contribution in [0.15, 0.2) is 12.3 Å². The van der Waals surface area contributed by atoms with Gasteiger partial charge in [-0.2, -0.15) is 5.10 Å². The van der Waals surface area contributed by atoms with Crippen LogP contribution in [0.5, 0.6) is 0 Å². The molecule has 1 aliphatic rings. The molecular formula is C12H18N2O2. The number of carbonyl (C=O) groups is 1. The van der Waals surface area contributed by atoms with Gasteiger partial charge in [0.2, 0.25) is 5.78 Å². The highest BCUT2D eigenvalue weighted by Crippen LogP contribution is 2.35. The number of carbonyl (C=O) groups excluding carboxylic acids is 1. The molecule has 88 valence electrons. The van der Waals surface area contributed by atoms with Crippen molar-refractivity contribution < 1.29 is 9.53 Å². The summed E-state index contributed by atoms with van der Waals surface area (Å²) < 4.78 is 7.08. The highest BCUT2D eigenvalue weighted by Gasteiger charge is 2.37. The Bertz CT molecular complexity index is 369. The van der Waals surface area contributed by atoms with Crippen molar-refractivity contribution in [3.63, 3.8) is 0 Å². The first-order valence-electron chi connectivity index (χ1n) is 5.86. The van der Waals surface area contributed by atoms with Gasteiger partial charge in [-0.3, -0.25) is 9.48 Å². The van der Waals surface area contributed by atoms with Crippen LogP contribution in [0.25, 0.3) is 0 Å². The van der Waals surface area contributed by atoms with E-state index in [-0.39, 0.29) is 11.9 Å². The first-order valence-corrected chi connectivity index (χ1v) is 5.86. The fourth-order valence-corrected chi connectivity index (χ4v) is 1.99. The summed E-state index contributed by atoms with van der Waals surface area (Å²) in [6, 6.07) is 1.78. The van der Waals surface area contributed by atoms with E-state index in [4.69, 9.17) is 4.74 Å². The predicted molar refractivity (Wildman–Crippen MR) is 60.4 cm³/mol. The maximum atomic E-state index is 12.2. The summed E-state index contributed by atoms with van der Waals surface area (Å²) in [6.45, 7) is 2.86. The molecule has 0 saturated heterocycles. The molecule has 0 radical (unpaired) electrons. The first-order chi connectivity index (χ1) is 7.77. The molecule has 0 aliphatic heterocycles. The van der Waals surface area contributed by atoms with Gasteiger partial charge in [0, 0.05) is 19.9 Å². The van der Waals surface area contributed by atoms with Gasteiger partial charge in [0.25, 0.3) is 0 Å². The molecule has 0 spiro atoms. The fourth-order valence-electron chi connectivity index (χ4n) is 1.99. The largest absolute Gasteiger partial charge is 0.373 e. The zero-order chi connectivity index (χ0) is 11.5. The summed E-state index contributed by atoms with van der Waals surface area (Å²) in [5, 5.41) is 4.16. The molecule has 0 N–H and O–H groups in total. The first kappa shape index (κ1) is 11.3. The van der Waals surface area contributed by atoms with E-state index in [9.17, 15) is 4.79 Å². The Balaban J connectivity index is 2.15. The minimum Gasteiger partial charge on any atom is -0.373 e. The number of hydrogen-bond acceptors (Lipinski definition) is 3. The zero-order valence-corrected chi connectivity index (χ0v) is 9.85. The number of aryl methyl sites for hydroxylation is 1. The van der Waals surface area contributed by atoms with Crippen molar-refractivity contribution in [2.24, 2.45) is 5.92 Å². The molecule has 1 aromatic rings. The van der Waals surface area contributed by atoms with E-state index in [1.807, 2.05) is 0 Å². The van der Waals surface area contributed by atoms with Crippen LogP contribution in [0.2, 0.25) is 0 Å². The molecule has 2 rings (SSSR count). The number of rotatable bonds is 6. The van der Waals surface area contributed by atoms with Gasteiger partial charge in [0.05, 0.1) is 0 Å². The van der Waals surface area contributed by atoms with Crippen LogP contribution < -0.4 is 0 Å². The molecule has 0 aromatic carbocycles. The van der Waals surface area contributed by atoms with Crippen LogP contribution in [-0.4, -0.2) is 28.8 Å². The lowest BCUT2D eigenvalue weighted by atomic mass is 10.1. The number of nitrogens with zero attached hydrogens (tertiary/aromatic N) is 2. The molecule has 1 aliphatic carbocycles. The molecule has 16 heavy (non-hydrogen) atoms. The molecular weight excluding hydrogens is 204 g/mol. The number of Topliss-reactive ketones (excluding diaryl/α,β-unsaturated/α-hetero) is 1. The molecule has 0 bridgehead atoms. The number of hydrogen-bond donors (Lipinski definition) is 0. The van der Waals surface area contributed by atoms with Crippen LogP contribution in [0.4, 0.5) is 0 Å². The normalized spacial score (nSPS) is 17.4. The monoisotopic (exact) mass is 222 g/mol. The van der Waals surface area contributed by atoms with Crippen molar-refractivity contribution in [3.8, 4) is 0 Å². The van der Waals surface area contributed by atoms with Crippen molar-refractivity contribution in [1.29, 1.82) is 0 Å². The van der Waals surface area contributed by atoms with E-state index in [1.165, 1.54) is 0 Å². The topological polar surface area (TPSA) is 44.1 Å². The summed E-state index contributed by atoms with van der Waals surface area (Å²) in [7, 11) is 1.61. The molecule has 1 unspecified atom stereocenters. The average molecular weight is 222 g/mol. The van der Waals surface area contributed by atoms with Crippen LogP contribution >= 0.6 is 0 Å². The van der Waals surface area contributed by atoms with E-state index in [0.29, 0.717) is 11.6 Å². The molecule has 4 heteroatoms. The van der Waals surface area contributed by atoms with E-state index in [0.717, 1.165) is 25.8 Å². The highest BCUT2D eigenvalue weighted by molar-refractivity contribution is 5.98. The standard InChI is InChI=1S/C12H18N2O2/c1-3-8-14-10(6-7-13-14)11(15)12(16-2)9-4-5-9/h6-7,9,12H,3-5,8H2,1-2H3. The summed E-state index contributed by atoms with van der Waals surface area (Å²) >= 11 is 0. The summed E-state index contributed by atoms with van der Waals surface area (Å²) in [6.07, 6.45) is 4.59. The highest BCUT2D eigenvalue weighted by atomic mass is 16.5. The maximum absolute atomic E-state index is 12.2. The van der Waals surface area contributed by atoms with Gasteiger partial charge in [-0.25, -0.2) is 0 Å². The lowest BCUT2D eigenvalue weighted by Crippen LogP contribution is -2.27. The van der Waals surface area contributed by atoms with Crippen molar-refractivity contribution in [2.45, 2.75) is 38.8 Å². The SMILES string of the molecule is CCCn1nccc1C(=O)C(OC)C1CC1. The number of methoxy groups -OCH3 is 1. The second kappa shape index (κ2) is 4.78. The Kier molecular flexibility index (Phi) is 3.39. The van der Waals surface area contributed by atoms with Gasteiger partial charge in [0.15, 0.2) is 0 Å². The molecule has 4 nitrogen and oxygen atoms in total. The van der Waals surface area contributed by atoms with Crippen LogP contribution in [0.1, 0.15) is 36.7 Å². The van der Waals surface area contributed by atoms with E-state index < -0.39 is 0 Å². The summed E-state index contributed by atoms with van der Waals surface area (Å²) in [5.41, 5.74) is 0.681. The lowest BCUT2D eigenvalue weighted by Gasteiger charge is -2.13. The van der Waals surface area contributed by atoms with Gasteiger partial charge < -0.3 is 4.74 Å². The fraction of sp³-hybridized carbons (Fsp3) is 0.667. The van der Waals surface area contributed by atoms with Gasteiger partial charge in [-0.1, -0.05) is 6.92 Å². The molecule has 1 fully saturated rings. The van der Waals surface area contributed by atoms with Crippen molar-refractivity contribution >= 4 is 5.78 Å². The Labute approximate surface area is 95.6 Å². The van der Waals surface area contributed by atoms with E-state index >= 15 is 0 Å². The second-order valence-corrected chi connectivity index (χ2v) is 4.30. The van der Waals surface area contributed by atoms with Gasteiger partial charge in [0.1, 0.15) is 11.8 Å². The smallest absolute Gasteiger partial charge is 0.209 e. The van der Waals surface area contributed by atoms with Crippen molar-refractivity contribution in [1.82, 2.24) is 9.78 Å². The van der Waals surface area contributed by atoms with E-state index in [1.54, 1.807) is 24.1 Å². The minimum absolute atomic E-state index is 0.0796. The third-order valence-electron chi connectivity index (χ3n) is 2.97. The predicted octanol–water partition coefficient (Wildman–Crippen LogP) is 1.90. The molecule has 1 saturated carbocycles. The molecule has 1 atom stereocenters. The molecule has 0 amide bonds. The van der Waals surface area contributed by atoms with Gasteiger partial charge in [-0.15, -0.1) is 0 Å². The van der Waals surface area contributed by atoms with Gasteiger partial charge in [-0.05, 0) is 31.2 Å². The Morgan fingerprint density at radius 3 is 3.00 bits per heavy atom. The third kappa shape index (κ3) is 2.16. The summed E-state index contributed by atoms with van der Waals surface area (Å²) in [5.74, 6) is 0.499. The lowest BCUT2D eigenvalue weighted by molar-refractivity contribution is 0.0529. The average Bonchev–Trinajstić information content (AvgIpc) is 2.99. The van der Waals surface area contributed by atoms with Crippen molar-refractivity contribution in [2.75, 3.05) is 7.11 Å². The Hall–Kier alpha value is -1.16. The second-order valence-electron chi connectivity index (χ2n) is 4.30. The Morgan fingerprint density at radius 1 is 1.69 bits per heavy atom. The maximum Gasteiger partial charge on any atom is 0.209 e. The van der Waals surface area contributed by atoms with Crippen LogP contribution in [-0.2, 0) is 11.3 Å². The Morgan fingerprint density at radius 2 is 2.44 bits per heavy atom. The minimum atomic E-state index is -0.271. The van der Waals surface area contributed by atoms with E-state index in [2.05, 4.69) is 12.0 Å². The number of ether oxygens (including phenoxy) is 1. The van der Waals surface area contributed by atoms with Crippen LogP contribution in [0, 0.1) is 5.92 Å².